The van der Waals surface area contributed by atoms with Gasteiger partial charge in [0.05, 0.1) is 0 Å². The first-order chi connectivity index (χ1) is 7.24. The molecule has 0 rings (SSSR count). The van der Waals surface area contributed by atoms with E-state index in [0.29, 0.717) is 0 Å². The van der Waals surface area contributed by atoms with Crippen molar-refractivity contribution in [2.24, 2.45) is 11.8 Å². The van der Waals surface area contributed by atoms with Crippen LogP contribution in [0.1, 0.15) is 39.5 Å². The quantitative estimate of drug-likeness (QED) is 0.439. The number of allylic oxidation sites excluding steroid dienone is 2. The van der Waals surface area contributed by atoms with Crippen LogP contribution in [0.4, 0.5) is 0 Å². The Morgan fingerprint density at radius 2 is 2.07 bits per heavy atom. The standard InChI is InChI=1S/C13H24OS/c1-4-13(10-14)9-7-5-6-8-12(2)11-15-3/h5-6,10,12-13H,4,7-9,11H2,1-3H3/b6-5+. The lowest BCUT2D eigenvalue weighted by Gasteiger charge is -2.05. The summed E-state index contributed by atoms with van der Waals surface area (Å²) < 4.78 is 0. The van der Waals surface area contributed by atoms with Gasteiger partial charge in [0.1, 0.15) is 6.29 Å². The highest BCUT2D eigenvalue weighted by molar-refractivity contribution is 7.98. The van der Waals surface area contributed by atoms with E-state index in [2.05, 4.69) is 32.3 Å². The Morgan fingerprint density at radius 3 is 2.60 bits per heavy atom. The maximum absolute atomic E-state index is 10.6. The van der Waals surface area contributed by atoms with E-state index in [0.717, 1.165) is 31.5 Å². The first-order valence-corrected chi connectivity index (χ1v) is 7.23. The highest BCUT2D eigenvalue weighted by Gasteiger charge is 2.01. The van der Waals surface area contributed by atoms with Gasteiger partial charge in [-0.05, 0) is 43.6 Å². The van der Waals surface area contributed by atoms with Gasteiger partial charge in [-0.25, -0.2) is 0 Å². The lowest BCUT2D eigenvalue weighted by Crippen LogP contribution is -1.98. The van der Waals surface area contributed by atoms with Gasteiger partial charge in [-0.1, -0.05) is 26.0 Å². The van der Waals surface area contributed by atoms with E-state index >= 15 is 0 Å². The highest BCUT2D eigenvalue weighted by atomic mass is 32.2. The van der Waals surface area contributed by atoms with Crippen LogP contribution in [0.3, 0.4) is 0 Å². The summed E-state index contributed by atoms with van der Waals surface area (Å²) in [5.41, 5.74) is 0. The molecule has 15 heavy (non-hydrogen) atoms. The Bertz CT molecular complexity index is 177. The van der Waals surface area contributed by atoms with Crippen LogP contribution in [0.15, 0.2) is 12.2 Å². The zero-order valence-electron chi connectivity index (χ0n) is 10.2. The number of carbonyl (C=O) groups is 1. The Morgan fingerprint density at radius 1 is 1.33 bits per heavy atom. The minimum absolute atomic E-state index is 0.262. The van der Waals surface area contributed by atoms with E-state index in [1.165, 1.54) is 12.2 Å². The van der Waals surface area contributed by atoms with E-state index in [4.69, 9.17) is 0 Å². The Labute approximate surface area is 98.7 Å². The third kappa shape index (κ3) is 8.73. The van der Waals surface area contributed by atoms with E-state index < -0.39 is 0 Å². The SMILES string of the molecule is CCC(C=O)CC/C=C/CC(C)CSC. The molecule has 0 aromatic rings. The summed E-state index contributed by atoms with van der Waals surface area (Å²) in [6.07, 6.45) is 11.9. The molecule has 0 spiro atoms. The van der Waals surface area contributed by atoms with Gasteiger partial charge in [0.2, 0.25) is 0 Å². The summed E-state index contributed by atoms with van der Waals surface area (Å²) in [7, 11) is 0. The molecule has 0 aliphatic heterocycles. The number of thioether (sulfide) groups is 1. The summed E-state index contributed by atoms with van der Waals surface area (Å²) in [6, 6.07) is 0. The summed E-state index contributed by atoms with van der Waals surface area (Å²) in [5, 5.41) is 0. The molecule has 0 amide bonds. The molecule has 0 heterocycles. The first kappa shape index (κ1) is 14.8. The number of hydrogen-bond donors (Lipinski definition) is 0. The molecule has 2 unspecified atom stereocenters. The van der Waals surface area contributed by atoms with Gasteiger partial charge in [-0.3, -0.25) is 0 Å². The maximum atomic E-state index is 10.6. The average molecular weight is 228 g/mol. The van der Waals surface area contributed by atoms with Crippen molar-refractivity contribution in [3.63, 3.8) is 0 Å². The molecule has 0 aromatic heterocycles. The number of aldehydes is 1. The van der Waals surface area contributed by atoms with Crippen LogP contribution >= 0.6 is 11.8 Å². The van der Waals surface area contributed by atoms with Crippen LogP contribution < -0.4 is 0 Å². The smallest absolute Gasteiger partial charge is 0.123 e. The predicted octanol–water partition coefficient (Wildman–Crippen LogP) is 3.94. The summed E-state index contributed by atoms with van der Waals surface area (Å²) in [6.45, 7) is 4.35. The topological polar surface area (TPSA) is 17.1 Å². The molecule has 0 aliphatic rings. The molecule has 0 aliphatic carbocycles. The lowest BCUT2D eigenvalue weighted by atomic mass is 10.0. The Balaban J connectivity index is 3.49. The summed E-state index contributed by atoms with van der Waals surface area (Å²) in [5.74, 6) is 2.26. The van der Waals surface area contributed by atoms with Crippen molar-refractivity contribution >= 4 is 18.0 Å². The number of hydrogen-bond acceptors (Lipinski definition) is 2. The van der Waals surface area contributed by atoms with Crippen molar-refractivity contribution < 1.29 is 4.79 Å². The van der Waals surface area contributed by atoms with Crippen molar-refractivity contribution in [2.45, 2.75) is 39.5 Å². The average Bonchev–Trinajstić information content (AvgIpc) is 2.24. The predicted molar refractivity (Wildman–Crippen MR) is 70.4 cm³/mol. The van der Waals surface area contributed by atoms with Crippen LogP contribution in [-0.2, 0) is 4.79 Å². The third-order valence-electron chi connectivity index (χ3n) is 2.58. The summed E-state index contributed by atoms with van der Waals surface area (Å²) in [4.78, 5) is 10.6. The molecule has 0 bridgehead atoms. The first-order valence-electron chi connectivity index (χ1n) is 5.83. The Hall–Kier alpha value is -0.240. The molecular weight excluding hydrogens is 204 g/mol. The molecule has 0 saturated heterocycles. The highest BCUT2D eigenvalue weighted by Crippen LogP contribution is 2.11. The molecular formula is C13H24OS. The monoisotopic (exact) mass is 228 g/mol. The zero-order valence-corrected chi connectivity index (χ0v) is 11.1. The van der Waals surface area contributed by atoms with Crippen LogP contribution in [0, 0.1) is 11.8 Å². The van der Waals surface area contributed by atoms with Crippen LogP contribution in [0.2, 0.25) is 0 Å². The molecule has 0 saturated carbocycles. The van der Waals surface area contributed by atoms with Crippen molar-refractivity contribution in [1.29, 1.82) is 0 Å². The van der Waals surface area contributed by atoms with Crippen LogP contribution in [0.5, 0.6) is 0 Å². The van der Waals surface area contributed by atoms with Gasteiger partial charge in [0, 0.05) is 5.92 Å². The van der Waals surface area contributed by atoms with E-state index in [1.54, 1.807) is 0 Å². The molecule has 88 valence electrons. The number of rotatable bonds is 9. The second-order valence-corrected chi connectivity index (χ2v) is 5.06. The molecule has 1 nitrogen and oxygen atoms in total. The molecule has 2 atom stereocenters. The zero-order chi connectivity index (χ0) is 11.5. The molecule has 0 N–H and O–H groups in total. The van der Waals surface area contributed by atoms with Crippen molar-refractivity contribution in [3.8, 4) is 0 Å². The fraction of sp³-hybridized carbons (Fsp3) is 0.769. The van der Waals surface area contributed by atoms with Gasteiger partial charge < -0.3 is 4.79 Å². The van der Waals surface area contributed by atoms with Gasteiger partial charge in [0.15, 0.2) is 0 Å². The van der Waals surface area contributed by atoms with Crippen molar-refractivity contribution in [2.75, 3.05) is 12.0 Å². The minimum atomic E-state index is 0.262. The van der Waals surface area contributed by atoms with Crippen molar-refractivity contribution in [3.05, 3.63) is 12.2 Å². The largest absolute Gasteiger partial charge is 0.303 e. The van der Waals surface area contributed by atoms with Crippen molar-refractivity contribution in [1.82, 2.24) is 0 Å². The van der Waals surface area contributed by atoms with E-state index in [-0.39, 0.29) is 5.92 Å². The fourth-order valence-corrected chi connectivity index (χ4v) is 2.18. The molecule has 0 aromatic carbocycles. The van der Waals surface area contributed by atoms with Gasteiger partial charge >= 0.3 is 0 Å². The summed E-state index contributed by atoms with van der Waals surface area (Å²) >= 11 is 1.91. The van der Waals surface area contributed by atoms with E-state index in [9.17, 15) is 4.79 Å². The normalized spacial score (nSPS) is 15.4. The van der Waals surface area contributed by atoms with Crippen LogP contribution in [-0.4, -0.2) is 18.3 Å². The minimum Gasteiger partial charge on any atom is -0.303 e. The molecule has 0 radical (unpaired) electrons. The fourth-order valence-electron chi connectivity index (χ4n) is 1.48. The van der Waals surface area contributed by atoms with Crippen LogP contribution in [0.25, 0.3) is 0 Å². The lowest BCUT2D eigenvalue weighted by molar-refractivity contribution is -0.111. The Kier molecular flexibility index (Phi) is 10.1. The third-order valence-corrected chi connectivity index (χ3v) is 3.48. The van der Waals surface area contributed by atoms with Gasteiger partial charge in [0.25, 0.3) is 0 Å². The van der Waals surface area contributed by atoms with E-state index in [1.807, 2.05) is 11.8 Å². The second-order valence-electron chi connectivity index (χ2n) is 4.15. The molecule has 0 fully saturated rings. The van der Waals surface area contributed by atoms with Gasteiger partial charge in [-0.2, -0.15) is 11.8 Å². The van der Waals surface area contributed by atoms with Gasteiger partial charge in [-0.15, -0.1) is 0 Å². The number of carbonyl (C=O) groups excluding carboxylic acids is 1. The second kappa shape index (κ2) is 10.3. The molecule has 2 heteroatoms. The maximum Gasteiger partial charge on any atom is 0.123 e.